The van der Waals surface area contributed by atoms with E-state index in [0.29, 0.717) is 11.6 Å². The van der Waals surface area contributed by atoms with Gasteiger partial charge in [0, 0.05) is 25.4 Å². The van der Waals surface area contributed by atoms with Gasteiger partial charge in [-0.15, -0.1) is 10.2 Å². The fourth-order valence-electron chi connectivity index (χ4n) is 3.47. The molecule has 3 aromatic heterocycles. The molecular formula is C23H24F2N8O2S. The van der Waals surface area contributed by atoms with Crippen molar-refractivity contribution in [3.05, 3.63) is 71.8 Å². The monoisotopic (exact) mass is 514 g/mol. The molecule has 0 radical (unpaired) electrons. The molecule has 13 heteroatoms. The van der Waals surface area contributed by atoms with Crippen LogP contribution in [0.1, 0.15) is 31.2 Å². The molecule has 0 unspecified atom stereocenters. The van der Waals surface area contributed by atoms with Crippen LogP contribution in [0.15, 0.2) is 48.8 Å². The van der Waals surface area contributed by atoms with E-state index in [-0.39, 0.29) is 11.5 Å². The summed E-state index contributed by atoms with van der Waals surface area (Å²) in [4.78, 5) is 12.8. The number of hydrogen-bond acceptors (Lipinski definition) is 8. The second-order valence-electron chi connectivity index (χ2n) is 8.17. The average Bonchev–Trinajstić information content (AvgIpc) is 3.25. The minimum absolute atomic E-state index is 0.0589. The fraction of sp³-hybridized carbons (Fsp3) is 0.261. The molecule has 36 heavy (non-hydrogen) atoms. The molecule has 0 aliphatic carbocycles. The Hall–Kier alpha value is -4.00. The molecule has 0 saturated carbocycles. The first kappa shape index (κ1) is 25.1. The lowest BCUT2D eigenvalue weighted by molar-refractivity contribution is 0.564. The largest absolute Gasteiger partial charge is 0.373 e. The van der Waals surface area contributed by atoms with Crippen LogP contribution in [0.4, 0.5) is 20.5 Å². The number of halogens is 2. The maximum absolute atomic E-state index is 14.9. The molecule has 3 heterocycles. The molecule has 0 aliphatic rings. The minimum Gasteiger partial charge on any atom is -0.373 e. The molecule has 2 atom stereocenters. The number of aryl methyl sites for hydroxylation is 1. The molecule has 2 N–H and O–H groups in total. The number of sulfonamides is 1. The predicted molar refractivity (Wildman–Crippen MR) is 131 cm³/mol. The Morgan fingerprint density at radius 1 is 0.972 bits per heavy atom. The molecule has 0 fully saturated rings. The summed E-state index contributed by atoms with van der Waals surface area (Å²) >= 11 is 0. The average molecular weight is 515 g/mol. The van der Waals surface area contributed by atoms with Crippen LogP contribution in [0.25, 0.3) is 17.2 Å². The molecule has 0 spiro atoms. The normalized spacial score (nSPS) is 13.3. The van der Waals surface area contributed by atoms with E-state index in [1.165, 1.54) is 13.0 Å². The van der Waals surface area contributed by atoms with E-state index in [2.05, 4.69) is 35.2 Å². The van der Waals surface area contributed by atoms with Crippen molar-refractivity contribution in [3.8, 4) is 17.2 Å². The first-order chi connectivity index (χ1) is 17.1. The summed E-state index contributed by atoms with van der Waals surface area (Å²) in [5, 5.41) is 9.78. The second kappa shape index (κ2) is 9.93. The van der Waals surface area contributed by atoms with Crippen molar-refractivity contribution in [1.29, 1.82) is 0 Å². The molecule has 188 valence electrons. The Bertz CT molecular complexity index is 1470. The van der Waals surface area contributed by atoms with E-state index in [1.807, 2.05) is 6.92 Å². The summed E-state index contributed by atoms with van der Waals surface area (Å²) in [6.45, 7) is 4.98. The van der Waals surface area contributed by atoms with Crippen LogP contribution in [0, 0.1) is 18.6 Å². The number of pyridine rings is 1. The molecule has 0 amide bonds. The van der Waals surface area contributed by atoms with Crippen LogP contribution in [0.2, 0.25) is 0 Å². The number of nitrogens with one attached hydrogen (secondary N) is 2. The van der Waals surface area contributed by atoms with E-state index >= 15 is 0 Å². The summed E-state index contributed by atoms with van der Waals surface area (Å²) in [7, 11) is -2.48. The first-order valence-electron chi connectivity index (χ1n) is 11.0. The van der Waals surface area contributed by atoms with Crippen LogP contribution in [0.5, 0.6) is 0 Å². The molecule has 4 aromatic rings. The number of hydrogen-bond donors (Lipinski definition) is 2. The van der Waals surface area contributed by atoms with Crippen molar-refractivity contribution in [2.45, 2.75) is 31.9 Å². The lowest BCUT2D eigenvalue weighted by Gasteiger charge is -2.20. The van der Waals surface area contributed by atoms with E-state index in [9.17, 15) is 17.2 Å². The zero-order valence-corrected chi connectivity index (χ0v) is 20.8. The SMILES string of the molecule is CNc1cccc(-c2nnc(NS(=O)(=O)[C@@H](C)[C@H](C)c3ncc(C)cn3)n2-c2c(F)cccc2F)n1. The zero-order chi connectivity index (χ0) is 26.0. The van der Waals surface area contributed by atoms with Gasteiger partial charge in [-0.25, -0.2) is 32.2 Å². The second-order valence-corrected chi connectivity index (χ2v) is 10.2. The summed E-state index contributed by atoms with van der Waals surface area (Å²) in [6.07, 6.45) is 3.20. The van der Waals surface area contributed by atoms with Gasteiger partial charge in [-0.2, -0.15) is 0 Å². The number of aromatic nitrogens is 6. The highest BCUT2D eigenvalue weighted by atomic mass is 32.2. The number of benzene rings is 1. The summed E-state index contributed by atoms with van der Waals surface area (Å²) in [5.41, 5.74) is 0.509. The number of anilines is 2. The fourth-order valence-corrected chi connectivity index (χ4v) is 4.70. The van der Waals surface area contributed by atoms with Crippen molar-refractivity contribution in [3.63, 3.8) is 0 Å². The van der Waals surface area contributed by atoms with Gasteiger partial charge >= 0.3 is 0 Å². The summed E-state index contributed by atoms with van der Waals surface area (Å²) < 4.78 is 59.7. The van der Waals surface area contributed by atoms with E-state index in [0.717, 1.165) is 22.3 Å². The lowest BCUT2D eigenvalue weighted by atomic mass is 10.1. The Balaban J connectivity index is 1.80. The molecule has 0 bridgehead atoms. The van der Waals surface area contributed by atoms with Gasteiger partial charge in [-0.1, -0.05) is 19.1 Å². The summed E-state index contributed by atoms with van der Waals surface area (Å²) in [6, 6.07) is 8.23. The highest BCUT2D eigenvalue weighted by molar-refractivity contribution is 7.93. The van der Waals surface area contributed by atoms with Gasteiger partial charge in [0.2, 0.25) is 16.0 Å². The van der Waals surface area contributed by atoms with Crippen molar-refractivity contribution in [2.24, 2.45) is 0 Å². The van der Waals surface area contributed by atoms with Gasteiger partial charge in [0.1, 0.15) is 34.7 Å². The third kappa shape index (κ3) is 4.87. The van der Waals surface area contributed by atoms with Crippen molar-refractivity contribution in [1.82, 2.24) is 29.7 Å². The van der Waals surface area contributed by atoms with E-state index in [1.54, 1.807) is 44.6 Å². The third-order valence-electron chi connectivity index (χ3n) is 5.69. The smallest absolute Gasteiger partial charge is 0.243 e. The van der Waals surface area contributed by atoms with Gasteiger partial charge in [0.15, 0.2) is 5.82 Å². The number of rotatable bonds is 8. The van der Waals surface area contributed by atoms with Gasteiger partial charge in [0.25, 0.3) is 0 Å². The van der Waals surface area contributed by atoms with E-state index < -0.39 is 44.5 Å². The van der Waals surface area contributed by atoms with Crippen LogP contribution in [-0.4, -0.2) is 50.4 Å². The number of nitrogens with zero attached hydrogens (tertiary/aromatic N) is 6. The maximum Gasteiger partial charge on any atom is 0.243 e. The van der Waals surface area contributed by atoms with Gasteiger partial charge in [-0.3, -0.25) is 9.29 Å². The number of para-hydroxylation sites is 1. The Kier molecular flexibility index (Phi) is 6.93. The third-order valence-corrected chi connectivity index (χ3v) is 7.55. The standard InChI is InChI=1S/C23H24F2N8O2S/c1-13-11-27-21(28-12-13)14(2)15(3)36(34,35)32-23-31-30-22(18-9-6-10-19(26-4)29-18)33(23)20-16(24)7-5-8-17(20)25/h5-12,14-15H,1-4H3,(H,26,29)(H,31,32)/t14-,15-/m0/s1. The Labute approximate surface area is 206 Å². The molecule has 1 aromatic carbocycles. The molecule has 0 saturated heterocycles. The zero-order valence-electron chi connectivity index (χ0n) is 19.9. The van der Waals surface area contributed by atoms with E-state index in [4.69, 9.17) is 0 Å². The molecule has 4 rings (SSSR count). The lowest BCUT2D eigenvalue weighted by Crippen LogP contribution is -2.31. The van der Waals surface area contributed by atoms with Crippen LogP contribution in [-0.2, 0) is 10.0 Å². The molecular weight excluding hydrogens is 490 g/mol. The predicted octanol–water partition coefficient (Wildman–Crippen LogP) is 3.68. The van der Waals surface area contributed by atoms with Crippen molar-refractivity contribution in [2.75, 3.05) is 17.1 Å². The van der Waals surface area contributed by atoms with Crippen LogP contribution < -0.4 is 10.0 Å². The van der Waals surface area contributed by atoms with Gasteiger partial charge in [-0.05, 0) is 43.7 Å². The maximum atomic E-state index is 14.9. The first-order valence-corrected chi connectivity index (χ1v) is 12.5. The quantitative estimate of drug-likeness (QED) is 0.365. The van der Waals surface area contributed by atoms with Gasteiger partial charge < -0.3 is 5.32 Å². The van der Waals surface area contributed by atoms with Gasteiger partial charge in [0.05, 0.1) is 5.25 Å². The topological polar surface area (TPSA) is 128 Å². The van der Waals surface area contributed by atoms with Crippen LogP contribution >= 0.6 is 0 Å². The van der Waals surface area contributed by atoms with Crippen LogP contribution in [0.3, 0.4) is 0 Å². The molecule has 10 nitrogen and oxygen atoms in total. The Morgan fingerprint density at radius 2 is 1.61 bits per heavy atom. The summed E-state index contributed by atoms with van der Waals surface area (Å²) in [5.74, 6) is -2.11. The highest BCUT2D eigenvalue weighted by Gasteiger charge is 2.32. The van der Waals surface area contributed by atoms with Crippen molar-refractivity contribution < 1.29 is 17.2 Å². The molecule has 0 aliphatic heterocycles. The minimum atomic E-state index is -4.14. The van der Waals surface area contributed by atoms with Crippen molar-refractivity contribution >= 4 is 21.8 Å². The highest BCUT2D eigenvalue weighted by Crippen LogP contribution is 2.30. The Morgan fingerprint density at radius 3 is 2.25 bits per heavy atom.